The molecule has 1 aliphatic rings. The maximum atomic E-state index is 10.9. The van der Waals surface area contributed by atoms with Gasteiger partial charge in [0.15, 0.2) is 0 Å². The fraction of sp³-hybridized carbons (Fsp3) is 0.750. The fourth-order valence-corrected chi connectivity index (χ4v) is 1.71. The standard InChI is InChI=1S/C8H14N2O3.ClH/c9-5(4-6(10)11)8(7(12)13)2-1-3-8;/h5H,1-4,9H2,(H2,10,11)(H,12,13);1H. The molecule has 0 bridgehead atoms. The second kappa shape index (κ2) is 4.61. The van der Waals surface area contributed by atoms with Gasteiger partial charge in [0.25, 0.3) is 0 Å². The zero-order valence-corrected chi connectivity index (χ0v) is 8.55. The lowest BCUT2D eigenvalue weighted by Crippen LogP contribution is -2.53. The van der Waals surface area contributed by atoms with Crippen LogP contribution in [0.4, 0.5) is 0 Å². The highest BCUT2D eigenvalue weighted by Crippen LogP contribution is 2.44. The second-order valence-electron chi connectivity index (χ2n) is 3.59. The first-order valence-corrected chi connectivity index (χ1v) is 4.26. The third-order valence-corrected chi connectivity index (χ3v) is 2.80. The Balaban J connectivity index is 0.00000169. The Morgan fingerprint density at radius 2 is 1.93 bits per heavy atom. The highest BCUT2D eigenvalue weighted by atomic mass is 35.5. The molecular weight excluding hydrogens is 208 g/mol. The first-order chi connectivity index (χ1) is 5.99. The number of carbonyl (C=O) groups is 2. The number of carboxylic acid groups (broad SMARTS) is 1. The van der Waals surface area contributed by atoms with Gasteiger partial charge in [0.05, 0.1) is 5.41 Å². The van der Waals surface area contributed by atoms with Gasteiger partial charge in [-0.1, -0.05) is 6.42 Å². The Morgan fingerprint density at radius 1 is 1.43 bits per heavy atom. The second-order valence-corrected chi connectivity index (χ2v) is 3.59. The molecule has 5 N–H and O–H groups in total. The van der Waals surface area contributed by atoms with Gasteiger partial charge in [-0.05, 0) is 12.8 Å². The van der Waals surface area contributed by atoms with Gasteiger partial charge in [0, 0.05) is 12.5 Å². The van der Waals surface area contributed by atoms with E-state index in [9.17, 15) is 9.59 Å². The molecule has 0 heterocycles. The number of aliphatic carboxylic acids is 1. The number of amides is 1. The van der Waals surface area contributed by atoms with E-state index < -0.39 is 23.3 Å². The van der Waals surface area contributed by atoms with E-state index in [-0.39, 0.29) is 18.8 Å². The lowest BCUT2D eigenvalue weighted by molar-refractivity contribution is -0.156. The van der Waals surface area contributed by atoms with E-state index in [0.717, 1.165) is 6.42 Å². The summed E-state index contributed by atoms with van der Waals surface area (Å²) in [5, 5.41) is 8.93. The molecule has 0 spiro atoms. The molecular formula is C8H15ClN2O3. The molecule has 0 aromatic rings. The van der Waals surface area contributed by atoms with E-state index in [0.29, 0.717) is 12.8 Å². The van der Waals surface area contributed by atoms with Crippen molar-refractivity contribution in [1.82, 2.24) is 0 Å². The highest BCUT2D eigenvalue weighted by Gasteiger charge is 2.49. The van der Waals surface area contributed by atoms with Crippen molar-refractivity contribution in [3.05, 3.63) is 0 Å². The molecule has 0 aromatic carbocycles. The largest absolute Gasteiger partial charge is 0.481 e. The molecule has 1 amide bonds. The molecule has 1 fully saturated rings. The first kappa shape index (κ1) is 13.2. The lowest BCUT2D eigenvalue weighted by atomic mass is 9.63. The van der Waals surface area contributed by atoms with Crippen LogP contribution in [0.5, 0.6) is 0 Å². The predicted octanol–water partition coefficient (Wildman–Crippen LogP) is -0.134. The van der Waals surface area contributed by atoms with Crippen molar-refractivity contribution in [3.8, 4) is 0 Å². The summed E-state index contributed by atoms with van der Waals surface area (Å²) in [6, 6.07) is -0.642. The summed E-state index contributed by atoms with van der Waals surface area (Å²) >= 11 is 0. The lowest BCUT2D eigenvalue weighted by Gasteiger charge is -2.41. The predicted molar refractivity (Wildman–Crippen MR) is 53.0 cm³/mol. The third kappa shape index (κ3) is 2.16. The van der Waals surface area contributed by atoms with Crippen LogP contribution in [0.15, 0.2) is 0 Å². The van der Waals surface area contributed by atoms with Crippen molar-refractivity contribution >= 4 is 24.3 Å². The van der Waals surface area contributed by atoms with Gasteiger partial charge in [0.2, 0.25) is 5.91 Å². The van der Waals surface area contributed by atoms with Crippen molar-refractivity contribution in [2.75, 3.05) is 0 Å². The number of hydrogen-bond donors (Lipinski definition) is 3. The monoisotopic (exact) mass is 222 g/mol. The molecule has 6 heteroatoms. The summed E-state index contributed by atoms with van der Waals surface area (Å²) in [5.41, 5.74) is 9.70. The quantitative estimate of drug-likeness (QED) is 0.616. The molecule has 1 saturated carbocycles. The summed E-state index contributed by atoms with van der Waals surface area (Å²) in [4.78, 5) is 21.5. The van der Waals surface area contributed by atoms with Crippen LogP contribution in [-0.4, -0.2) is 23.0 Å². The zero-order valence-electron chi connectivity index (χ0n) is 7.73. The Hall–Kier alpha value is -0.810. The Labute approximate surface area is 88.2 Å². The molecule has 82 valence electrons. The van der Waals surface area contributed by atoms with Crippen LogP contribution in [0.3, 0.4) is 0 Å². The Bertz CT molecular complexity index is 241. The summed E-state index contributed by atoms with van der Waals surface area (Å²) in [6.45, 7) is 0. The van der Waals surface area contributed by atoms with E-state index in [1.807, 2.05) is 0 Å². The molecule has 0 aromatic heterocycles. The van der Waals surface area contributed by atoms with Crippen LogP contribution in [0.2, 0.25) is 0 Å². The van der Waals surface area contributed by atoms with Crippen LogP contribution >= 0.6 is 12.4 Å². The minimum absolute atomic E-state index is 0. The molecule has 1 unspecified atom stereocenters. The smallest absolute Gasteiger partial charge is 0.311 e. The molecule has 1 atom stereocenters. The van der Waals surface area contributed by atoms with Crippen LogP contribution in [0.25, 0.3) is 0 Å². The molecule has 1 rings (SSSR count). The molecule has 0 radical (unpaired) electrons. The van der Waals surface area contributed by atoms with E-state index >= 15 is 0 Å². The van der Waals surface area contributed by atoms with Crippen LogP contribution in [0, 0.1) is 5.41 Å². The van der Waals surface area contributed by atoms with E-state index in [1.165, 1.54) is 0 Å². The summed E-state index contributed by atoms with van der Waals surface area (Å²) in [7, 11) is 0. The number of carboxylic acids is 1. The Morgan fingerprint density at radius 3 is 2.14 bits per heavy atom. The minimum Gasteiger partial charge on any atom is -0.481 e. The van der Waals surface area contributed by atoms with Crippen molar-refractivity contribution in [1.29, 1.82) is 0 Å². The van der Waals surface area contributed by atoms with Crippen molar-refractivity contribution in [2.45, 2.75) is 31.7 Å². The maximum absolute atomic E-state index is 10.9. The van der Waals surface area contributed by atoms with Crippen LogP contribution < -0.4 is 11.5 Å². The van der Waals surface area contributed by atoms with Crippen LogP contribution in [0.1, 0.15) is 25.7 Å². The fourth-order valence-electron chi connectivity index (χ4n) is 1.71. The topological polar surface area (TPSA) is 106 Å². The maximum Gasteiger partial charge on any atom is 0.311 e. The zero-order chi connectivity index (χ0) is 10.1. The Kier molecular flexibility index (Phi) is 4.35. The van der Waals surface area contributed by atoms with Gasteiger partial charge >= 0.3 is 5.97 Å². The summed E-state index contributed by atoms with van der Waals surface area (Å²) in [6.07, 6.45) is 1.92. The number of halogens is 1. The van der Waals surface area contributed by atoms with Gasteiger partial charge in [-0.2, -0.15) is 0 Å². The molecule has 5 nitrogen and oxygen atoms in total. The van der Waals surface area contributed by atoms with Gasteiger partial charge in [-0.3, -0.25) is 9.59 Å². The average molecular weight is 223 g/mol. The van der Waals surface area contributed by atoms with E-state index in [2.05, 4.69) is 0 Å². The van der Waals surface area contributed by atoms with E-state index in [4.69, 9.17) is 16.6 Å². The van der Waals surface area contributed by atoms with Gasteiger partial charge in [-0.25, -0.2) is 0 Å². The molecule has 0 saturated heterocycles. The average Bonchev–Trinajstić information content (AvgIpc) is 1.79. The SMILES string of the molecule is Cl.NC(=O)CC(N)C1(C(=O)O)CCC1. The number of nitrogens with two attached hydrogens (primary N) is 2. The van der Waals surface area contributed by atoms with Crippen molar-refractivity contribution in [3.63, 3.8) is 0 Å². The summed E-state index contributed by atoms with van der Waals surface area (Å²) in [5.74, 6) is -1.45. The number of rotatable bonds is 4. The van der Waals surface area contributed by atoms with Gasteiger partial charge in [0.1, 0.15) is 0 Å². The van der Waals surface area contributed by atoms with Crippen molar-refractivity contribution < 1.29 is 14.7 Å². The van der Waals surface area contributed by atoms with Gasteiger partial charge < -0.3 is 16.6 Å². The van der Waals surface area contributed by atoms with Crippen LogP contribution in [-0.2, 0) is 9.59 Å². The highest BCUT2D eigenvalue weighted by molar-refractivity contribution is 5.85. The summed E-state index contributed by atoms with van der Waals surface area (Å²) < 4.78 is 0. The minimum atomic E-state index is -0.910. The number of primary amides is 1. The van der Waals surface area contributed by atoms with Crippen molar-refractivity contribution in [2.24, 2.45) is 16.9 Å². The molecule has 1 aliphatic carbocycles. The van der Waals surface area contributed by atoms with E-state index in [1.54, 1.807) is 0 Å². The number of carbonyl (C=O) groups excluding carboxylic acids is 1. The third-order valence-electron chi connectivity index (χ3n) is 2.80. The molecule has 0 aliphatic heterocycles. The molecule has 14 heavy (non-hydrogen) atoms. The first-order valence-electron chi connectivity index (χ1n) is 4.26. The van der Waals surface area contributed by atoms with Gasteiger partial charge in [-0.15, -0.1) is 12.4 Å². The normalized spacial score (nSPS) is 20.1. The number of hydrogen-bond acceptors (Lipinski definition) is 3.